The van der Waals surface area contributed by atoms with E-state index in [0.717, 1.165) is 11.3 Å². The molecule has 0 bridgehead atoms. The standard InChI is InChI=1S/C16H26N2O4S/c1-12(11-23(5,20)21)18-14-9-7-6-8-13(14)10-17-15(19)22-16(2,3)4/h6-9,12,18H,10-11H2,1-5H3,(H,17,19). The third kappa shape index (κ3) is 8.44. The molecule has 23 heavy (non-hydrogen) atoms. The quantitative estimate of drug-likeness (QED) is 0.830. The topological polar surface area (TPSA) is 84.5 Å². The molecule has 7 heteroatoms. The van der Waals surface area contributed by atoms with Gasteiger partial charge >= 0.3 is 6.09 Å². The minimum atomic E-state index is -3.05. The largest absolute Gasteiger partial charge is 0.444 e. The molecule has 0 aliphatic rings. The average Bonchev–Trinajstić information content (AvgIpc) is 2.33. The first kappa shape index (κ1) is 19.3. The zero-order valence-electron chi connectivity index (χ0n) is 14.3. The molecule has 1 unspecified atom stereocenters. The van der Waals surface area contributed by atoms with Crippen LogP contribution in [-0.4, -0.2) is 38.2 Å². The van der Waals surface area contributed by atoms with Crippen molar-refractivity contribution in [2.75, 3.05) is 17.3 Å². The number of rotatable bonds is 6. The number of hydrogen-bond donors (Lipinski definition) is 2. The number of nitrogens with one attached hydrogen (secondary N) is 2. The fraction of sp³-hybridized carbons (Fsp3) is 0.562. The number of carbonyl (C=O) groups excluding carboxylic acids is 1. The maximum atomic E-state index is 11.7. The zero-order valence-corrected chi connectivity index (χ0v) is 15.2. The second-order valence-electron chi connectivity index (χ2n) is 6.65. The number of benzene rings is 1. The van der Waals surface area contributed by atoms with Crippen LogP contribution in [0.2, 0.25) is 0 Å². The lowest BCUT2D eigenvalue weighted by atomic mass is 10.1. The number of amides is 1. The average molecular weight is 342 g/mol. The van der Waals surface area contributed by atoms with Crippen molar-refractivity contribution in [1.29, 1.82) is 0 Å². The Morgan fingerprint density at radius 2 is 1.87 bits per heavy atom. The van der Waals surface area contributed by atoms with Crippen molar-refractivity contribution in [3.8, 4) is 0 Å². The number of hydrogen-bond acceptors (Lipinski definition) is 5. The van der Waals surface area contributed by atoms with Crippen molar-refractivity contribution < 1.29 is 17.9 Å². The first-order valence-corrected chi connectivity index (χ1v) is 9.51. The smallest absolute Gasteiger partial charge is 0.407 e. The van der Waals surface area contributed by atoms with Gasteiger partial charge in [0.25, 0.3) is 0 Å². The Kier molecular flexibility index (Phi) is 6.44. The summed E-state index contributed by atoms with van der Waals surface area (Å²) < 4.78 is 27.9. The molecule has 1 rings (SSSR count). The van der Waals surface area contributed by atoms with E-state index in [4.69, 9.17) is 4.74 Å². The minimum absolute atomic E-state index is 0.0425. The van der Waals surface area contributed by atoms with Crippen LogP contribution >= 0.6 is 0 Å². The second kappa shape index (κ2) is 7.68. The van der Waals surface area contributed by atoms with Crippen LogP contribution in [0.4, 0.5) is 10.5 Å². The Hall–Kier alpha value is -1.76. The van der Waals surface area contributed by atoms with E-state index in [-0.39, 0.29) is 11.8 Å². The van der Waals surface area contributed by atoms with Gasteiger partial charge in [-0.1, -0.05) is 18.2 Å². The third-order valence-electron chi connectivity index (χ3n) is 2.79. The molecule has 1 amide bonds. The predicted molar refractivity (Wildman–Crippen MR) is 92.3 cm³/mol. The van der Waals surface area contributed by atoms with Crippen molar-refractivity contribution in [3.05, 3.63) is 29.8 Å². The van der Waals surface area contributed by atoms with Gasteiger partial charge in [0, 0.05) is 24.5 Å². The van der Waals surface area contributed by atoms with Gasteiger partial charge in [0.2, 0.25) is 0 Å². The molecule has 0 spiro atoms. The predicted octanol–water partition coefficient (Wildman–Crippen LogP) is 2.56. The normalized spacial score (nSPS) is 13.3. The van der Waals surface area contributed by atoms with Crippen LogP contribution in [0.3, 0.4) is 0 Å². The Bertz CT molecular complexity index is 636. The van der Waals surface area contributed by atoms with Crippen LogP contribution < -0.4 is 10.6 Å². The SMILES string of the molecule is CC(CS(C)(=O)=O)Nc1ccccc1CNC(=O)OC(C)(C)C. The van der Waals surface area contributed by atoms with E-state index in [1.54, 1.807) is 27.7 Å². The van der Waals surface area contributed by atoms with Gasteiger partial charge in [-0.05, 0) is 39.3 Å². The highest BCUT2D eigenvalue weighted by Gasteiger charge is 2.16. The van der Waals surface area contributed by atoms with E-state index in [0.29, 0.717) is 6.54 Å². The fourth-order valence-electron chi connectivity index (χ4n) is 2.06. The summed E-state index contributed by atoms with van der Waals surface area (Å²) in [5, 5.41) is 5.87. The molecule has 0 fully saturated rings. The molecule has 2 N–H and O–H groups in total. The lowest BCUT2D eigenvalue weighted by Crippen LogP contribution is -2.32. The second-order valence-corrected chi connectivity index (χ2v) is 8.84. The molecule has 0 saturated carbocycles. The highest BCUT2D eigenvalue weighted by molar-refractivity contribution is 7.90. The van der Waals surface area contributed by atoms with Crippen LogP contribution in [0.5, 0.6) is 0 Å². The maximum absolute atomic E-state index is 11.7. The minimum Gasteiger partial charge on any atom is -0.444 e. The summed E-state index contributed by atoms with van der Waals surface area (Å²) in [7, 11) is -3.05. The molecule has 0 aliphatic carbocycles. The summed E-state index contributed by atoms with van der Waals surface area (Å²) >= 11 is 0. The van der Waals surface area contributed by atoms with Crippen molar-refractivity contribution in [2.24, 2.45) is 0 Å². The van der Waals surface area contributed by atoms with Gasteiger partial charge in [0.15, 0.2) is 0 Å². The van der Waals surface area contributed by atoms with E-state index in [1.165, 1.54) is 6.26 Å². The number of ether oxygens (including phenoxy) is 1. The number of carbonyl (C=O) groups is 1. The monoisotopic (exact) mass is 342 g/mol. The summed E-state index contributed by atoms with van der Waals surface area (Å²) in [6.07, 6.45) is 0.720. The number of alkyl carbamates (subject to hydrolysis) is 1. The zero-order chi connectivity index (χ0) is 17.7. The van der Waals surface area contributed by atoms with E-state index in [1.807, 2.05) is 24.3 Å². The molecule has 1 atom stereocenters. The van der Waals surface area contributed by atoms with E-state index >= 15 is 0 Å². The molecule has 0 aromatic heterocycles. The molecule has 1 aromatic rings. The van der Waals surface area contributed by atoms with Crippen molar-refractivity contribution in [1.82, 2.24) is 5.32 Å². The van der Waals surface area contributed by atoms with Crippen LogP contribution in [0.1, 0.15) is 33.3 Å². The van der Waals surface area contributed by atoms with Crippen LogP contribution in [-0.2, 0) is 21.1 Å². The molecule has 6 nitrogen and oxygen atoms in total. The highest BCUT2D eigenvalue weighted by Crippen LogP contribution is 2.16. The van der Waals surface area contributed by atoms with Gasteiger partial charge in [-0.3, -0.25) is 0 Å². The van der Waals surface area contributed by atoms with Crippen molar-refractivity contribution in [3.63, 3.8) is 0 Å². The van der Waals surface area contributed by atoms with Gasteiger partial charge < -0.3 is 15.4 Å². The number of sulfone groups is 1. The molecular formula is C16H26N2O4S. The van der Waals surface area contributed by atoms with E-state index in [9.17, 15) is 13.2 Å². The lowest BCUT2D eigenvalue weighted by molar-refractivity contribution is 0.0523. The highest BCUT2D eigenvalue weighted by atomic mass is 32.2. The van der Waals surface area contributed by atoms with Crippen molar-refractivity contribution >= 4 is 21.6 Å². The molecule has 130 valence electrons. The van der Waals surface area contributed by atoms with Gasteiger partial charge in [0.1, 0.15) is 15.4 Å². The first-order valence-electron chi connectivity index (χ1n) is 7.45. The lowest BCUT2D eigenvalue weighted by Gasteiger charge is -2.21. The Balaban J connectivity index is 2.69. The number of anilines is 1. The molecule has 0 aliphatic heterocycles. The summed E-state index contributed by atoms with van der Waals surface area (Å²) in [4.78, 5) is 11.7. The Morgan fingerprint density at radius 1 is 1.26 bits per heavy atom. The number of para-hydroxylation sites is 1. The van der Waals surface area contributed by atoms with Gasteiger partial charge in [-0.15, -0.1) is 0 Å². The summed E-state index contributed by atoms with van der Waals surface area (Å²) in [6.45, 7) is 7.50. The van der Waals surface area contributed by atoms with Gasteiger partial charge in [-0.25, -0.2) is 13.2 Å². The third-order valence-corrected chi connectivity index (χ3v) is 3.90. The van der Waals surface area contributed by atoms with Gasteiger partial charge in [-0.2, -0.15) is 0 Å². The Morgan fingerprint density at radius 3 is 2.43 bits per heavy atom. The summed E-state index contributed by atoms with van der Waals surface area (Å²) in [5.41, 5.74) is 1.10. The van der Waals surface area contributed by atoms with Crippen LogP contribution in [0.15, 0.2) is 24.3 Å². The van der Waals surface area contributed by atoms with E-state index in [2.05, 4.69) is 10.6 Å². The van der Waals surface area contributed by atoms with Crippen molar-refractivity contribution in [2.45, 2.75) is 45.9 Å². The van der Waals surface area contributed by atoms with Crippen LogP contribution in [0.25, 0.3) is 0 Å². The molecule has 1 aromatic carbocycles. The van der Waals surface area contributed by atoms with E-state index < -0.39 is 21.5 Å². The van der Waals surface area contributed by atoms with Gasteiger partial charge in [0.05, 0.1) is 5.75 Å². The molecule has 0 radical (unpaired) electrons. The molecule has 0 heterocycles. The summed E-state index contributed by atoms with van der Waals surface area (Å²) in [5.74, 6) is 0.0425. The molecular weight excluding hydrogens is 316 g/mol. The maximum Gasteiger partial charge on any atom is 0.407 e. The summed E-state index contributed by atoms with van der Waals surface area (Å²) in [6, 6.07) is 7.20. The molecule has 0 saturated heterocycles. The van der Waals surface area contributed by atoms with Crippen LogP contribution in [0, 0.1) is 0 Å². The Labute approximate surface area is 138 Å². The fourth-order valence-corrected chi connectivity index (χ4v) is 3.05. The first-order chi connectivity index (χ1) is 10.5.